The van der Waals surface area contributed by atoms with Gasteiger partial charge in [-0.3, -0.25) is 9.80 Å². The van der Waals surface area contributed by atoms with E-state index in [0.717, 1.165) is 22.5 Å². The maximum Gasteiger partial charge on any atom is 0.252 e. The fraction of sp³-hybridized carbons (Fsp3) is 0.600. The normalized spacial score (nSPS) is 28.9. The van der Waals surface area contributed by atoms with Gasteiger partial charge in [0, 0.05) is 87.9 Å². The molecule has 6 aliphatic heterocycles. The third-order valence-electron chi connectivity index (χ3n) is 15.0. The van der Waals surface area contributed by atoms with Crippen LogP contribution in [0.5, 0.6) is 0 Å². The van der Waals surface area contributed by atoms with Crippen LogP contribution >= 0.6 is 22.7 Å². The quantitative estimate of drug-likeness (QED) is 0.159. The molecule has 4 aromatic rings. The van der Waals surface area contributed by atoms with E-state index in [-0.39, 0.29) is 48.5 Å². The largest absolute Gasteiger partial charge is 0.393 e. The van der Waals surface area contributed by atoms with Crippen LogP contribution in [0.25, 0.3) is 0 Å². The van der Waals surface area contributed by atoms with Gasteiger partial charge in [0.05, 0.1) is 61.9 Å². The number of piperidine rings is 2. The average molecular weight is 1040 g/mol. The number of anilines is 2. The Morgan fingerprint density at radius 3 is 1.19 bits per heavy atom. The minimum absolute atomic E-state index is 0.0511. The van der Waals surface area contributed by atoms with Gasteiger partial charge in [-0.25, -0.2) is 16.8 Å². The molecule has 2 unspecified atom stereocenters. The standard InChI is InChI=1S/2C25H35N3O5S2/c2*1-25(2,30)18-5-7-19(8-6-18)27-10-9-26(35(31,32)24-4-3-11-34-24)14-22(27)15-28-20-12-23(29)13-21(28)17-33-16-20/h2*3-8,11,20-23,29-30H,9-10,12-17H2,1-2H3/t2*20-,21+,22-,23?/m11/s1. The second kappa shape index (κ2) is 21.0. The monoisotopic (exact) mass is 1040 g/mol. The van der Waals surface area contributed by atoms with Crippen LogP contribution in [0.1, 0.15) is 64.5 Å². The Kier molecular flexibility index (Phi) is 15.6. The predicted octanol–water partition coefficient (Wildman–Crippen LogP) is 4.16. The molecule has 384 valence electrons. The first-order valence-corrected chi connectivity index (χ1v) is 29.2. The molecular weight excluding hydrogens is 973 g/mol. The van der Waals surface area contributed by atoms with E-state index < -0.39 is 31.2 Å². The predicted molar refractivity (Wildman–Crippen MR) is 272 cm³/mol. The van der Waals surface area contributed by atoms with Crippen molar-refractivity contribution < 1.29 is 46.7 Å². The molecule has 6 saturated heterocycles. The molecule has 4 N–H and O–H groups in total. The maximum atomic E-state index is 13.3. The lowest BCUT2D eigenvalue weighted by Gasteiger charge is -2.51. The first-order chi connectivity index (χ1) is 33.3. The lowest BCUT2D eigenvalue weighted by Crippen LogP contribution is -2.64. The van der Waals surface area contributed by atoms with E-state index in [4.69, 9.17) is 9.47 Å². The molecule has 20 heteroatoms. The van der Waals surface area contributed by atoms with Gasteiger partial charge in [0.25, 0.3) is 20.0 Å². The number of sulfonamides is 2. The summed E-state index contributed by atoms with van der Waals surface area (Å²) in [6.07, 6.45) is 2.11. The number of nitrogens with zero attached hydrogens (tertiary/aromatic N) is 6. The second-order valence-electron chi connectivity index (χ2n) is 20.8. The highest BCUT2D eigenvalue weighted by Gasteiger charge is 2.45. The van der Waals surface area contributed by atoms with Crippen molar-refractivity contribution in [1.29, 1.82) is 0 Å². The first-order valence-electron chi connectivity index (χ1n) is 24.5. The number of ether oxygens (including phenoxy) is 2. The molecular formula is C50H70N6O10S4. The summed E-state index contributed by atoms with van der Waals surface area (Å²) in [4.78, 5) is 9.47. The Balaban J connectivity index is 0.000000174. The Hall–Kier alpha value is -3.06. The van der Waals surface area contributed by atoms with Crippen LogP contribution in [0.2, 0.25) is 0 Å². The molecule has 0 radical (unpaired) electrons. The summed E-state index contributed by atoms with van der Waals surface area (Å²) in [5, 5.41) is 44.9. The highest BCUT2D eigenvalue weighted by atomic mass is 32.3. The summed E-state index contributed by atoms with van der Waals surface area (Å²) < 4.78 is 69.0. The Morgan fingerprint density at radius 2 is 0.886 bits per heavy atom. The van der Waals surface area contributed by atoms with Gasteiger partial charge in [0.15, 0.2) is 0 Å². The van der Waals surface area contributed by atoms with Crippen molar-refractivity contribution in [2.24, 2.45) is 0 Å². The van der Waals surface area contributed by atoms with Crippen LogP contribution in [-0.4, -0.2) is 183 Å². The van der Waals surface area contributed by atoms with Crippen LogP contribution in [-0.2, 0) is 40.7 Å². The van der Waals surface area contributed by atoms with E-state index in [1.807, 2.05) is 48.5 Å². The van der Waals surface area contributed by atoms with E-state index >= 15 is 0 Å². The number of fused-ring (bicyclic) bond motifs is 4. The molecule has 2 aromatic heterocycles. The van der Waals surface area contributed by atoms with Crippen LogP contribution in [0.4, 0.5) is 11.4 Å². The van der Waals surface area contributed by atoms with Crippen LogP contribution in [0.3, 0.4) is 0 Å². The van der Waals surface area contributed by atoms with Crippen molar-refractivity contribution in [2.75, 3.05) is 88.6 Å². The van der Waals surface area contributed by atoms with Crippen molar-refractivity contribution in [3.63, 3.8) is 0 Å². The molecule has 8 atom stereocenters. The van der Waals surface area contributed by atoms with E-state index in [2.05, 4.69) is 19.6 Å². The summed E-state index contributed by atoms with van der Waals surface area (Å²) in [5.74, 6) is 0. The van der Waals surface area contributed by atoms with Gasteiger partial charge >= 0.3 is 0 Å². The SMILES string of the molecule is CC(C)(O)c1ccc(N2CCN(S(=O)(=O)c3cccs3)C[C@@H]2CN2[C@@H]3COC[C@H]2CC(O)C3)cc1.CC(C)(O)c1ccc(N2CCN(S(=O)(=O)c3cccs3)C[C@@H]2CN2[C@@H]3COC[C@H]2CC(O)C3)cc1. The van der Waals surface area contributed by atoms with Crippen molar-refractivity contribution in [1.82, 2.24) is 18.4 Å². The fourth-order valence-electron chi connectivity index (χ4n) is 11.3. The number of hydrogen-bond donors (Lipinski definition) is 4. The van der Waals surface area contributed by atoms with Gasteiger partial charge < -0.3 is 39.7 Å². The van der Waals surface area contributed by atoms with Gasteiger partial charge in [0.2, 0.25) is 0 Å². The number of thiophene rings is 2. The summed E-state index contributed by atoms with van der Waals surface area (Å²) in [6.45, 7) is 13.6. The summed E-state index contributed by atoms with van der Waals surface area (Å²) in [5.41, 5.74) is 1.89. The Labute approximate surface area is 421 Å². The molecule has 6 fully saturated rings. The highest BCUT2D eigenvalue weighted by Crippen LogP contribution is 2.35. The maximum absolute atomic E-state index is 13.3. The second-order valence-corrected chi connectivity index (χ2v) is 27.1. The van der Waals surface area contributed by atoms with Crippen LogP contribution in [0.15, 0.2) is 92.0 Å². The molecule has 70 heavy (non-hydrogen) atoms. The van der Waals surface area contributed by atoms with Crippen molar-refractivity contribution >= 4 is 54.1 Å². The zero-order valence-electron chi connectivity index (χ0n) is 40.6. The lowest BCUT2D eigenvalue weighted by molar-refractivity contribution is -0.107. The average Bonchev–Trinajstić information content (AvgIpc) is 4.07. The lowest BCUT2D eigenvalue weighted by atomic mass is 9.91. The third kappa shape index (κ3) is 11.4. The molecule has 10 rings (SSSR count). The molecule has 0 spiro atoms. The molecule has 16 nitrogen and oxygen atoms in total. The summed E-state index contributed by atoms with van der Waals surface area (Å²) >= 11 is 2.51. The number of aliphatic hydroxyl groups excluding tert-OH is 2. The van der Waals surface area contributed by atoms with Crippen molar-refractivity contribution in [2.45, 2.75) is 121 Å². The molecule has 0 saturated carbocycles. The first kappa shape index (κ1) is 51.8. The number of hydrogen-bond acceptors (Lipinski definition) is 16. The molecule has 6 aliphatic rings. The fourth-order valence-corrected chi connectivity index (χ4v) is 16.5. The summed E-state index contributed by atoms with van der Waals surface area (Å²) in [7, 11) is -7.09. The Morgan fingerprint density at radius 1 is 0.543 bits per heavy atom. The third-order valence-corrected chi connectivity index (χ3v) is 21.5. The van der Waals surface area contributed by atoms with Gasteiger partial charge in [0.1, 0.15) is 8.42 Å². The summed E-state index contributed by atoms with van der Waals surface area (Å²) in [6, 6.07) is 23.2. The smallest absolute Gasteiger partial charge is 0.252 e. The van der Waals surface area contributed by atoms with E-state index in [1.165, 1.54) is 22.7 Å². The number of morpholine rings is 2. The minimum Gasteiger partial charge on any atom is -0.393 e. The number of piperazine rings is 2. The zero-order chi connectivity index (χ0) is 49.6. The topological polar surface area (TPSA) is 187 Å². The van der Waals surface area contributed by atoms with Crippen molar-refractivity contribution in [3.8, 4) is 0 Å². The van der Waals surface area contributed by atoms with E-state index in [9.17, 15) is 37.3 Å². The zero-order valence-corrected chi connectivity index (χ0v) is 43.8. The molecule has 0 aliphatic carbocycles. The Bertz CT molecular complexity index is 2350. The van der Waals surface area contributed by atoms with Crippen molar-refractivity contribution in [3.05, 3.63) is 94.7 Å². The number of benzene rings is 2. The number of rotatable bonds is 12. The molecule has 2 aromatic carbocycles. The van der Waals surface area contributed by atoms with Gasteiger partial charge in [-0.15, -0.1) is 22.7 Å². The highest BCUT2D eigenvalue weighted by molar-refractivity contribution is 7.91. The van der Waals surface area contributed by atoms with Crippen LogP contribution in [0, 0.1) is 0 Å². The number of aliphatic hydroxyl groups is 4. The molecule has 4 bridgehead atoms. The van der Waals surface area contributed by atoms with Gasteiger partial charge in [-0.1, -0.05) is 36.4 Å². The minimum atomic E-state index is -3.54. The van der Waals surface area contributed by atoms with Crippen LogP contribution < -0.4 is 9.80 Å². The molecule has 0 amide bonds. The van der Waals surface area contributed by atoms with Gasteiger partial charge in [-0.2, -0.15) is 8.61 Å². The van der Waals surface area contributed by atoms with E-state index in [0.29, 0.717) is 113 Å². The van der Waals surface area contributed by atoms with Gasteiger partial charge in [-0.05, 0) is 112 Å². The molecule has 8 heterocycles. The van der Waals surface area contributed by atoms with E-state index in [1.54, 1.807) is 71.3 Å².